The summed E-state index contributed by atoms with van der Waals surface area (Å²) in [6, 6.07) is 0.459. The van der Waals surface area contributed by atoms with Gasteiger partial charge in [0.15, 0.2) is 11.0 Å². The lowest BCUT2D eigenvalue weighted by Gasteiger charge is -2.33. The molecule has 1 saturated heterocycles. The number of aromatic nitrogens is 2. The lowest BCUT2D eigenvalue weighted by molar-refractivity contribution is 0.125. The third-order valence-corrected chi connectivity index (χ3v) is 6.71. The molecule has 1 N–H and O–H groups in total. The van der Waals surface area contributed by atoms with Crippen LogP contribution in [0.2, 0.25) is 0 Å². The van der Waals surface area contributed by atoms with Crippen molar-refractivity contribution in [3.8, 4) is 0 Å². The Bertz CT molecular complexity index is 832. The lowest BCUT2D eigenvalue weighted by atomic mass is 9.92. The maximum Gasteiger partial charge on any atom is 0.324 e. The van der Waals surface area contributed by atoms with E-state index >= 15 is 0 Å². The molecule has 33 heavy (non-hydrogen) atoms. The molecule has 11 heteroatoms. The molecule has 0 aromatic carbocycles. The molecule has 0 radical (unpaired) electrons. The summed E-state index contributed by atoms with van der Waals surface area (Å²) in [5.41, 5.74) is 1.26. The van der Waals surface area contributed by atoms with E-state index in [0.29, 0.717) is 17.2 Å². The summed E-state index contributed by atoms with van der Waals surface area (Å²) in [5, 5.41) is 12.8. The van der Waals surface area contributed by atoms with Crippen molar-refractivity contribution in [1.82, 2.24) is 10.1 Å². The topological polar surface area (TPSA) is 112 Å². The molecule has 2 rings (SSSR count). The minimum atomic E-state index is -0.0941. The zero-order valence-electron chi connectivity index (χ0n) is 20.7. The second kappa shape index (κ2) is 13.7. The molecule has 1 fully saturated rings. The summed E-state index contributed by atoms with van der Waals surface area (Å²) in [7, 11) is 0. The number of hydrogen-bond acceptors (Lipinski definition) is 10. The van der Waals surface area contributed by atoms with Crippen LogP contribution in [0.3, 0.4) is 0 Å². The average Bonchev–Trinajstić information content (AvgIpc) is 3.29. The van der Waals surface area contributed by atoms with Crippen molar-refractivity contribution in [3.05, 3.63) is 5.82 Å². The molecular weight excluding hydrogens is 458 g/mol. The molecular formula is C22H37N7O2S2. The molecule has 1 aromatic rings. The van der Waals surface area contributed by atoms with Crippen molar-refractivity contribution >= 4 is 51.7 Å². The van der Waals surface area contributed by atoms with E-state index in [9.17, 15) is 0 Å². The van der Waals surface area contributed by atoms with Crippen LogP contribution >= 0.6 is 23.5 Å². The zero-order chi connectivity index (χ0) is 24.4. The highest BCUT2D eigenvalue weighted by atomic mass is 32.2. The number of nitrogens with one attached hydrogen (secondary N) is 1. The minimum Gasteiger partial charge on any atom is -0.469 e. The summed E-state index contributed by atoms with van der Waals surface area (Å²) in [5.74, 6) is 1.38. The number of nitrogens with zero attached hydrogens (tertiary/aromatic N) is 6. The van der Waals surface area contributed by atoms with E-state index in [1.807, 2.05) is 27.0 Å². The summed E-state index contributed by atoms with van der Waals surface area (Å²) in [4.78, 5) is 20.3. The van der Waals surface area contributed by atoms with Crippen molar-refractivity contribution in [2.75, 3.05) is 24.2 Å². The van der Waals surface area contributed by atoms with E-state index in [2.05, 4.69) is 45.8 Å². The Balaban J connectivity index is 1.96. The van der Waals surface area contributed by atoms with Crippen LogP contribution in [-0.2, 0) is 4.74 Å². The Morgan fingerprint density at radius 1 is 1.18 bits per heavy atom. The molecule has 0 aliphatic carbocycles. The number of anilines is 1. The molecule has 0 amide bonds. The van der Waals surface area contributed by atoms with Crippen molar-refractivity contribution in [1.29, 1.82) is 5.41 Å². The van der Waals surface area contributed by atoms with E-state index in [1.54, 1.807) is 6.21 Å². The molecule has 2 heterocycles. The minimum absolute atomic E-state index is 0.00952. The number of thioether (sulfide) groups is 2. The molecule has 0 spiro atoms. The van der Waals surface area contributed by atoms with E-state index in [-0.39, 0.29) is 24.1 Å². The van der Waals surface area contributed by atoms with E-state index in [4.69, 9.17) is 19.7 Å². The monoisotopic (exact) mass is 495 g/mol. The van der Waals surface area contributed by atoms with E-state index in [0.717, 1.165) is 36.9 Å². The van der Waals surface area contributed by atoms with Gasteiger partial charge in [0, 0.05) is 25.2 Å². The van der Waals surface area contributed by atoms with Crippen LogP contribution < -0.4 is 4.90 Å². The summed E-state index contributed by atoms with van der Waals surface area (Å²) in [6.07, 6.45) is 5.62. The Morgan fingerprint density at radius 3 is 2.39 bits per heavy atom. The van der Waals surface area contributed by atoms with Gasteiger partial charge in [0.25, 0.3) is 5.23 Å². The normalized spacial score (nSPS) is 19.2. The van der Waals surface area contributed by atoms with Gasteiger partial charge in [-0.25, -0.2) is 9.98 Å². The molecule has 9 nitrogen and oxygen atoms in total. The highest BCUT2D eigenvalue weighted by Gasteiger charge is 2.28. The number of amidine groups is 1. The van der Waals surface area contributed by atoms with Gasteiger partial charge >= 0.3 is 6.01 Å². The Morgan fingerprint density at radius 2 is 1.85 bits per heavy atom. The Kier molecular flexibility index (Phi) is 11.4. The fourth-order valence-electron chi connectivity index (χ4n) is 3.35. The van der Waals surface area contributed by atoms with Crippen molar-refractivity contribution in [2.45, 2.75) is 78.5 Å². The predicted octanol–water partition coefficient (Wildman–Crippen LogP) is 5.10. The van der Waals surface area contributed by atoms with Gasteiger partial charge in [-0.15, -0.1) is 0 Å². The Hall–Kier alpha value is -1.88. The maximum absolute atomic E-state index is 7.52. The number of piperidine rings is 1. The van der Waals surface area contributed by atoms with Gasteiger partial charge in [0.05, 0.1) is 17.6 Å². The van der Waals surface area contributed by atoms with Gasteiger partial charge in [0.1, 0.15) is 6.10 Å². The van der Waals surface area contributed by atoms with Crippen LogP contribution in [0.15, 0.2) is 19.5 Å². The third kappa shape index (κ3) is 8.44. The SMILES string of the molecule is C/C=N\C(=N/C(C)[C@H](C)/N=C(/O[C@@H](C)C1CCN(c2nc(C(C)C)no2)CC1)SC=N)SC. The standard InChI is InChI=1S/C22H37N7O2S2/c1-8-24-20(32-7)25-15(4)16(5)26-22(33-13-23)30-17(6)18-9-11-29(12-10-18)21-27-19(14(2)3)28-31-21/h8,13-18,23H,9-12H2,1-7H3/b23-13?,24-8-,25-20+,26-22-/t15?,16-,17-/m0/s1. The molecule has 1 aliphatic heterocycles. The van der Waals surface area contributed by atoms with Crippen LogP contribution in [0.4, 0.5) is 6.01 Å². The smallest absolute Gasteiger partial charge is 0.324 e. The largest absolute Gasteiger partial charge is 0.469 e. The molecule has 0 saturated carbocycles. The first kappa shape index (κ1) is 27.4. The number of hydrogen-bond donors (Lipinski definition) is 1. The Labute approximate surface area is 205 Å². The number of ether oxygens (including phenoxy) is 1. The second-order valence-corrected chi connectivity index (χ2v) is 9.95. The predicted molar refractivity (Wildman–Crippen MR) is 142 cm³/mol. The molecule has 1 aromatic heterocycles. The second-order valence-electron chi connectivity index (χ2n) is 8.35. The summed E-state index contributed by atoms with van der Waals surface area (Å²) >= 11 is 2.71. The van der Waals surface area contributed by atoms with Crippen LogP contribution in [0.25, 0.3) is 0 Å². The molecule has 1 unspecified atom stereocenters. The maximum atomic E-state index is 7.52. The number of aliphatic imine (C=N–C) groups is 3. The number of rotatable bonds is 8. The van der Waals surface area contributed by atoms with Gasteiger partial charge < -0.3 is 19.6 Å². The summed E-state index contributed by atoms with van der Waals surface area (Å²) < 4.78 is 11.7. The molecule has 1 aliphatic rings. The van der Waals surface area contributed by atoms with Gasteiger partial charge in [-0.3, -0.25) is 4.99 Å². The van der Waals surface area contributed by atoms with E-state index < -0.39 is 0 Å². The third-order valence-electron chi connectivity index (χ3n) is 5.61. The van der Waals surface area contributed by atoms with Crippen molar-refractivity contribution in [3.63, 3.8) is 0 Å². The first-order valence-corrected chi connectivity index (χ1v) is 13.5. The van der Waals surface area contributed by atoms with E-state index in [1.165, 1.54) is 29.1 Å². The average molecular weight is 496 g/mol. The van der Waals surface area contributed by atoms with Gasteiger partial charge in [-0.1, -0.05) is 30.8 Å². The van der Waals surface area contributed by atoms with Gasteiger partial charge in [-0.05, 0) is 64.5 Å². The van der Waals surface area contributed by atoms with Crippen molar-refractivity contribution < 1.29 is 9.26 Å². The highest BCUT2D eigenvalue weighted by Crippen LogP contribution is 2.27. The van der Waals surface area contributed by atoms with Gasteiger partial charge in [0.2, 0.25) is 0 Å². The molecule has 3 atom stereocenters. The van der Waals surface area contributed by atoms with Crippen LogP contribution in [0, 0.1) is 11.3 Å². The first-order valence-electron chi connectivity index (χ1n) is 11.4. The first-order chi connectivity index (χ1) is 15.8. The summed E-state index contributed by atoms with van der Waals surface area (Å²) in [6.45, 7) is 13.8. The quantitative estimate of drug-likeness (QED) is 0.394. The van der Waals surface area contributed by atoms with Gasteiger partial charge in [-0.2, -0.15) is 4.98 Å². The molecule has 184 valence electrons. The lowest BCUT2D eigenvalue weighted by Crippen LogP contribution is -2.38. The van der Waals surface area contributed by atoms with Crippen molar-refractivity contribution in [2.24, 2.45) is 20.9 Å². The van der Waals surface area contributed by atoms with Crippen LogP contribution in [0.1, 0.15) is 66.1 Å². The van der Waals surface area contributed by atoms with Crippen LogP contribution in [-0.4, -0.2) is 69.8 Å². The fourth-order valence-corrected chi connectivity index (χ4v) is 4.37. The van der Waals surface area contributed by atoms with Crippen LogP contribution in [0.5, 0.6) is 0 Å². The fraction of sp³-hybridized carbons (Fsp3) is 0.727. The highest BCUT2D eigenvalue weighted by molar-refractivity contribution is 8.24. The zero-order valence-corrected chi connectivity index (χ0v) is 22.3. The molecule has 0 bridgehead atoms.